The Labute approximate surface area is 149 Å². The Kier molecular flexibility index (Phi) is 5.46. The summed E-state index contributed by atoms with van der Waals surface area (Å²) in [5.74, 6) is 1.60. The van der Waals surface area contributed by atoms with E-state index < -0.39 is 10.0 Å². The minimum Gasteiger partial charge on any atom is -0.325 e. The van der Waals surface area contributed by atoms with E-state index in [0.717, 1.165) is 24.9 Å². The minimum absolute atomic E-state index is 0.0207. The van der Waals surface area contributed by atoms with Gasteiger partial charge in [0, 0.05) is 11.6 Å². The molecule has 2 fully saturated rings. The summed E-state index contributed by atoms with van der Waals surface area (Å²) in [5.41, 5.74) is 0.594. The van der Waals surface area contributed by atoms with Gasteiger partial charge in [-0.15, -0.1) is 0 Å². The molecule has 3 rings (SSSR count). The molecule has 1 aromatic carbocycles. The third kappa shape index (κ3) is 4.40. The zero-order chi connectivity index (χ0) is 18.0. The van der Waals surface area contributed by atoms with Crippen LogP contribution < -0.4 is 15.4 Å². The summed E-state index contributed by atoms with van der Waals surface area (Å²) in [6.45, 7) is 4.12. The molecule has 0 aromatic heterocycles. The van der Waals surface area contributed by atoms with Crippen LogP contribution in [0.1, 0.15) is 39.0 Å². The molecular formula is C18H28N3O3S+. The normalized spacial score (nSPS) is 28.0. The summed E-state index contributed by atoms with van der Waals surface area (Å²) in [6.07, 6.45) is 6.57. The number of carbonyl (C=O) groups excluding carboxylic acids is 1. The number of rotatable bonds is 4. The number of sulfonamides is 1. The third-order valence-corrected chi connectivity index (χ3v) is 6.81. The lowest BCUT2D eigenvalue weighted by atomic mass is 9.75. The van der Waals surface area contributed by atoms with Crippen LogP contribution in [-0.2, 0) is 14.8 Å². The fraction of sp³-hybridized carbons (Fsp3) is 0.611. The molecule has 1 aliphatic carbocycles. The second-order valence-electron chi connectivity index (χ2n) is 7.49. The maximum absolute atomic E-state index is 12.6. The van der Waals surface area contributed by atoms with Crippen LogP contribution in [0.25, 0.3) is 0 Å². The molecule has 0 radical (unpaired) electrons. The zero-order valence-corrected chi connectivity index (χ0v) is 15.5. The first-order valence-corrected chi connectivity index (χ1v) is 10.7. The van der Waals surface area contributed by atoms with Crippen molar-refractivity contribution in [3.05, 3.63) is 24.3 Å². The van der Waals surface area contributed by atoms with Crippen LogP contribution in [0, 0.1) is 11.8 Å². The van der Waals surface area contributed by atoms with Crippen LogP contribution in [-0.4, -0.2) is 33.5 Å². The fourth-order valence-electron chi connectivity index (χ4n) is 4.30. The molecule has 0 spiro atoms. The lowest BCUT2D eigenvalue weighted by Gasteiger charge is -2.40. The van der Waals surface area contributed by atoms with E-state index in [-0.39, 0.29) is 16.8 Å². The predicted octanol–water partition coefficient (Wildman–Crippen LogP) is 0.756. The van der Waals surface area contributed by atoms with Crippen molar-refractivity contribution >= 4 is 21.6 Å². The Morgan fingerprint density at radius 3 is 2.44 bits per heavy atom. The molecule has 7 heteroatoms. The van der Waals surface area contributed by atoms with Gasteiger partial charge >= 0.3 is 0 Å². The van der Waals surface area contributed by atoms with Gasteiger partial charge in [-0.05, 0) is 56.4 Å². The van der Waals surface area contributed by atoms with Crippen LogP contribution in [0.4, 0.5) is 5.69 Å². The van der Waals surface area contributed by atoms with Gasteiger partial charge in [0.2, 0.25) is 10.0 Å². The number of primary sulfonamides is 1. The summed E-state index contributed by atoms with van der Waals surface area (Å²) in [7, 11) is -3.71. The molecule has 1 aromatic rings. The maximum atomic E-state index is 12.6. The molecule has 1 heterocycles. The first kappa shape index (κ1) is 18.4. The van der Waals surface area contributed by atoms with Crippen molar-refractivity contribution in [2.75, 3.05) is 18.4 Å². The summed E-state index contributed by atoms with van der Waals surface area (Å²) in [5, 5.41) is 7.98. The number of amides is 1. The highest BCUT2D eigenvalue weighted by molar-refractivity contribution is 7.89. The molecule has 1 amide bonds. The van der Waals surface area contributed by atoms with Crippen LogP contribution in [0.2, 0.25) is 0 Å². The lowest BCUT2D eigenvalue weighted by molar-refractivity contribution is -0.924. The van der Waals surface area contributed by atoms with E-state index in [1.54, 1.807) is 12.1 Å². The Morgan fingerprint density at radius 2 is 1.80 bits per heavy atom. The topological polar surface area (TPSA) is 93.7 Å². The molecule has 6 nitrogen and oxygen atoms in total. The molecule has 0 bridgehead atoms. The number of nitrogens with two attached hydrogens (primary N) is 1. The average molecular weight is 367 g/mol. The van der Waals surface area contributed by atoms with Crippen molar-refractivity contribution in [2.24, 2.45) is 17.0 Å². The first-order chi connectivity index (χ1) is 11.8. The van der Waals surface area contributed by atoms with Crippen LogP contribution >= 0.6 is 0 Å². The van der Waals surface area contributed by atoms with E-state index in [4.69, 9.17) is 5.14 Å². The second-order valence-corrected chi connectivity index (χ2v) is 9.05. The summed E-state index contributed by atoms with van der Waals surface area (Å²) < 4.78 is 22.6. The number of carbonyl (C=O) groups is 1. The highest BCUT2D eigenvalue weighted by atomic mass is 32.2. The number of likely N-dealkylation sites (tertiary alicyclic amines) is 1. The molecule has 1 aliphatic heterocycles. The van der Waals surface area contributed by atoms with Gasteiger partial charge in [0.15, 0.2) is 6.04 Å². The minimum atomic E-state index is -3.71. The van der Waals surface area contributed by atoms with Gasteiger partial charge in [-0.2, -0.15) is 0 Å². The van der Waals surface area contributed by atoms with E-state index >= 15 is 0 Å². The van der Waals surface area contributed by atoms with Crippen LogP contribution in [0.3, 0.4) is 0 Å². The van der Waals surface area contributed by atoms with Crippen molar-refractivity contribution in [2.45, 2.75) is 50.0 Å². The Balaban J connectivity index is 1.59. The van der Waals surface area contributed by atoms with Crippen molar-refractivity contribution in [1.82, 2.24) is 0 Å². The predicted molar refractivity (Wildman–Crippen MR) is 96.7 cm³/mol. The monoisotopic (exact) mass is 366 g/mol. The number of hydrogen-bond donors (Lipinski definition) is 3. The van der Waals surface area contributed by atoms with Gasteiger partial charge in [0.05, 0.1) is 18.0 Å². The summed E-state index contributed by atoms with van der Waals surface area (Å²) >= 11 is 0. The van der Waals surface area contributed by atoms with Gasteiger partial charge in [0.1, 0.15) is 0 Å². The van der Waals surface area contributed by atoms with E-state index in [1.807, 2.05) is 6.92 Å². The molecule has 25 heavy (non-hydrogen) atoms. The van der Waals surface area contributed by atoms with Crippen LogP contribution in [0.15, 0.2) is 29.2 Å². The van der Waals surface area contributed by atoms with E-state index in [9.17, 15) is 13.2 Å². The quantitative estimate of drug-likeness (QED) is 0.734. The van der Waals surface area contributed by atoms with Gasteiger partial charge in [-0.25, -0.2) is 13.6 Å². The third-order valence-electron chi connectivity index (χ3n) is 5.88. The molecule has 138 valence electrons. The molecule has 1 unspecified atom stereocenters. The van der Waals surface area contributed by atoms with Gasteiger partial charge in [-0.3, -0.25) is 4.79 Å². The number of piperidine rings is 1. The Hall–Kier alpha value is -1.44. The zero-order valence-electron chi connectivity index (χ0n) is 14.7. The molecule has 1 saturated heterocycles. The molecule has 2 aliphatic rings. The van der Waals surface area contributed by atoms with Crippen molar-refractivity contribution < 1.29 is 18.1 Å². The highest BCUT2D eigenvalue weighted by Gasteiger charge is 2.37. The Bertz CT molecular complexity index is 718. The summed E-state index contributed by atoms with van der Waals surface area (Å²) in [4.78, 5) is 14.0. The number of quaternary nitrogens is 1. The van der Waals surface area contributed by atoms with Crippen molar-refractivity contribution in [3.63, 3.8) is 0 Å². The largest absolute Gasteiger partial charge is 0.325 e. The first-order valence-electron chi connectivity index (χ1n) is 9.13. The molecule has 4 N–H and O–H groups in total. The second kappa shape index (κ2) is 7.43. The fourth-order valence-corrected chi connectivity index (χ4v) is 4.82. The number of anilines is 1. The van der Waals surface area contributed by atoms with Gasteiger partial charge in [0.25, 0.3) is 5.91 Å². The SMILES string of the molecule is C[C@H](C(=O)Nc1ccc(S(N)(=O)=O)cc1)[NH+]1CC[C@@H]2CCCC[C@@H]2C1. The Morgan fingerprint density at radius 1 is 1.16 bits per heavy atom. The van der Waals surface area contributed by atoms with E-state index in [1.165, 1.54) is 49.1 Å². The van der Waals surface area contributed by atoms with Crippen molar-refractivity contribution in [3.8, 4) is 0 Å². The standard InChI is InChI=1S/C18H27N3O3S/c1-13(21-11-10-14-4-2-3-5-15(14)12-21)18(22)20-16-6-8-17(9-7-16)25(19,23)24/h6-9,13-15H,2-5,10-12H2,1H3,(H,20,22)(H2,19,23,24)/p+1/t13-,14+,15-/m1/s1. The lowest BCUT2D eigenvalue weighted by Crippen LogP contribution is -3.18. The number of hydrogen-bond acceptors (Lipinski definition) is 3. The van der Waals surface area contributed by atoms with Gasteiger partial charge in [-0.1, -0.05) is 12.8 Å². The highest BCUT2D eigenvalue weighted by Crippen LogP contribution is 2.32. The smallest absolute Gasteiger partial charge is 0.282 e. The molecule has 4 atom stereocenters. The average Bonchev–Trinajstić information content (AvgIpc) is 2.60. The van der Waals surface area contributed by atoms with Crippen molar-refractivity contribution in [1.29, 1.82) is 0 Å². The summed E-state index contributed by atoms with van der Waals surface area (Å²) in [6, 6.07) is 5.87. The van der Waals surface area contributed by atoms with Gasteiger partial charge < -0.3 is 10.2 Å². The van der Waals surface area contributed by atoms with E-state index in [0.29, 0.717) is 5.69 Å². The molecule has 1 saturated carbocycles. The number of fused-ring (bicyclic) bond motifs is 1. The number of nitrogens with one attached hydrogen (secondary N) is 2. The maximum Gasteiger partial charge on any atom is 0.282 e. The van der Waals surface area contributed by atoms with Crippen LogP contribution in [0.5, 0.6) is 0 Å². The van der Waals surface area contributed by atoms with E-state index in [2.05, 4.69) is 5.32 Å². The molecular weight excluding hydrogens is 338 g/mol. The number of benzene rings is 1.